The summed E-state index contributed by atoms with van der Waals surface area (Å²) in [6.07, 6.45) is 8.66. The van der Waals surface area contributed by atoms with E-state index in [0.717, 1.165) is 25.4 Å². The second-order valence-electron chi connectivity index (χ2n) is 5.10. The van der Waals surface area contributed by atoms with Gasteiger partial charge in [-0.25, -0.2) is 0 Å². The van der Waals surface area contributed by atoms with Crippen molar-refractivity contribution in [2.24, 2.45) is 5.92 Å². The molecule has 0 bridgehead atoms. The summed E-state index contributed by atoms with van der Waals surface area (Å²) in [4.78, 5) is 13.0. The lowest BCUT2D eigenvalue weighted by Gasteiger charge is -2.21. The van der Waals surface area contributed by atoms with Gasteiger partial charge in [-0.15, -0.1) is 0 Å². The number of hydrogen-bond donors (Lipinski definition) is 1. The minimum Gasteiger partial charge on any atom is -0.349 e. The van der Waals surface area contributed by atoms with Gasteiger partial charge < -0.3 is 10.2 Å². The highest BCUT2D eigenvalue weighted by Gasteiger charge is 2.12. The first kappa shape index (κ1) is 13.5. The summed E-state index contributed by atoms with van der Waals surface area (Å²) in [5.41, 5.74) is 0. The van der Waals surface area contributed by atoms with E-state index in [0.29, 0.717) is 6.42 Å². The largest absolute Gasteiger partial charge is 0.349 e. The van der Waals surface area contributed by atoms with Crippen molar-refractivity contribution >= 4 is 5.91 Å². The first-order valence-corrected chi connectivity index (χ1v) is 6.61. The van der Waals surface area contributed by atoms with Crippen LogP contribution in [0.25, 0.3) is 0 Å². The van der Waals surface area contributed by atoms with Crippen LogP contribution in [0, 0.1) is 5.92 Å². The molecule has 0 aromatic rings. The van der Waals surface area contributed by atoms with Crippen molar-refractivity contribution in [3.05, 3.63) is 0 Å². The molecule has 1 aliphatic rings. The minimum atomic E-state index is 0.236. The fourth-order valence-corrected chi connectivity index (χ4v) is 2.29. The van der Waals surface area contributed by atoms with E-state index in [2.05, 4.69) is 5.32 Å². The zero-order valence-electron chi connectivity index (χ0n) is 10.8. The summed E-state index contributed by atoms with van der Waals surface area (Å²) in [7, 11) is 3.63. The van der Waals surface area contributed by atoms with Gasteiger partial charge in [-0.2, -0.15) is 0 Å². The average Bonchev–Trinajstić information content (AvgIpc) is 2.29. The third-order valence-electron chi connectivity index (χ3n) is 3.40. The van der Waals surface area contributed by atoms with Gasteiger partial charge >= 0.3 is 0 Å². The lowest BCUT2D eigenvalue weighted by molar-refractivity contribution is -0.128. The molecule has 0 radical (unpaired) electrons. The molecule has 1 fully saturated rings. The Hall–Kier alpha value is -0.570. The Morgan fingerprint density at radius 2 is 1.94 bits per heavy atom. The standard InChI is InChI=1S/C13H26N2O/c1-15(2)13(16)9-6-10-14-11-12-7-4-3-5-8-12/h12,14H,3-11H2,1-2H3. The monoisotopic (exact) mass is 226 g/mol. The number of nitrogens with zero attached hydrogens (tertiary/aromatic N) is 1. The van der Waals surface area contributed by atoms with E-state index in [4.69, 9.17) is 0 Å². The van der Waals surface area contributed by atoms with Crippen molar-refractivity contribution in [2.75, 3.05) is 27.2 Å². The lowest BCUT2D eigenvalue weighted by Crippen LogP contribution is -2.27. The van der Waals surface area contributed by atoms with Gasteiger partial charge in [-0.1, -0.05) is 19.3 Å². The summed E-state index contributed by atoms with van der Waals surface area (Å²) in [6, 6.07) is 0. The predicted octanol–water partition coefficient (Wildman–Crippen LogP) is 2.02. The maximum Gasteiger partial charge on any atom is 0.222 e. The van der Waals surface area contributed by atoms with Crippen LogP contribution in [0.2, 0.25) is 0 Å². The molecule has 16 heavy (non-hydrogen) atoms. The van der Waals surface area contributed by atoms with Crippen molar-refractivity contribution in [1.29, 1.82) is 0 Å². The van der Waals surface area contributed by atoms with Gasteiger partial charge in [0, 0.05) is 20.5 Å². The number of rotatable bonds is 6. The molecule has 3 heteroatoms. The van der Waals surface area contributed by atoms with E-state index in [9.17, 15) is 4.79 Å². The van der Waals surface area contributed by atoms with E-state index < -0.39 is 0 Å². The summed E-state index contributed by atoms with van der Waals surface area (Å²) >= 11 is 0. The van der Waals surface area contributed by atoms with Crippen molar-refractivity contribution in [3.63, 3.8) is 0 Å². The Morgan fingerprint density at radius 1 is 1.25 bits per heavy atom. The maximum atomic E-state index is 11.3. The molecule has 0 heterocycles. The van der Waals surface area contributed by atoms with Gasteiger partial charge in [0.05, 0.1) is 0 Å². The quantitative estimate of drug-likeness (QED) is 0.703. The van der Waals surface area contributed by atoms with E-state index >= 15 is 0 Å². The second-order valence-corrected chi connectivity index (χ2v) is 5.10. The zero-order valence-corrected chi connectivity index (χ0v) is 10.8. The third-order valence-corrected chi connectivity index (χ3v) is 3.40. The summed E-state index contributed by atoms with van der Waals surface area (Å²) < 4.78 is 0. The Morgan fingerprint density at radius 3 is 2.56 bits per heavy atom. The summed E-state index contributed by atoms with van der Waals surface area (Å²) in [5, 5.41) is 3.48. The van der Waals surface area contributed by atoms with E-state index in [-0.39, 0.29) is 5.91 Å². The molecule has 0 spiro atoms. The highest BCUT2D eigenvalue weighted by atomic mass is 16.2. The highest BCUT2D eigenvalue weighted by molar-refractivity contribution is 5.75. The topological polar surface area (TPSA) is 32.3 Å². The molecule has 94 valence electrons. The zero-order chi connectivity index (χ0) is 11.8. The van der Waals surface area contributed by atoms with Crippen molar-refractivity contribution in [1.82, 2.24) is 10.2 Å². The molecule has 1 N–H and O–H groups in total. The van der Waals surface area contributed by atoms with Crippen LogP contribution < -0.4 is 5.32 Å². The summed E-state index contributed by atoms with van der Waals surface area (Å²) in [6.45, 7) is 2.13. The molecule has 0 saturated heterocycles. The average molecular weight is 226 g/mol. The van der Waals surface area contributed by atoms with Crippen LogP contribution in [0.15, 0.2) is 0 Å². The van der Waals surface area contributed by atoms with Crippen molar-refractivity contribution in [3.8, 4) is 0 Å². The van der Waals surface area contributed by atoms with E-state index in [1.807, 2.05) is 14.1 Å². The van der Waals surface area contributed by atoms with Gasteiger partial charge in [-0.05, 0) is 38.3 Å². The number of nitrogens with one attached hydrogen (secondary N) is 1. The molecule has 1 saturated carbocycles. The number of hydrogen-bond acceptors (Lipinski definition) is 2. The Kier molecular flexibility index (Phi) is 6.46. The molecule has 0 aromatic carbocycles. The molecule has 1 aliphatic carbocycles. The molecule has 1 rings (SSSR count). The van der Waals surface area contributed by atoms with Gasteiger partial charge in [0.2, 0.25) is 5.91 Å². The molecule has 0 unspecified atom stereocenters. The Balaban J connectivity index is 1.93. The molecule has 3 nitrogen and oxygen atoms in total. The van der Waals surface area contributed by atoms with E-state index in [1.54, 1.807) is 4.90 Å². The first-order valence-electron chi connectivity index (χ1n) is 6.61. The fourth-order valence-electron chi connectivity index (χ4n) is 2.29. The van der Waals surface area contributed by atoms with Crippen molar-refractivity contribution in [2.45, 2.75) is 44.9 Å². The number of carbonyl (C=O) groups excluding carboxylic acids is 1. The normalized spacial score (nSPS) is 17.4. The van der Waals surface area contributed by atoms with Crippen LogP contribution in [-0.2, 0) is 4.79 Å². The summed E-state index contributed by atoms with van der Waals surface area (Å²) in [5.74, 6) is 1.12. The van der Waals surface area contributed by atoms with Gasteiger partial charge in [0.1, 0.15) is 0 Å². The minimum absolute atomic E-state index is 0.236. The number of carbonyl (C=O) groups is 1. The predicted molar refractivity (Wildman–Crippen MR) is 67.4 cm³/mol. The number of amides is 1. The van der Waals surface area contributed by atoms with Crippen molar-refractivity contribution < 1.29 is 4.79 Å². The molecule has 0 atom stereocenters. The smallest absolute Gasteiger partial charge is 0.222 e. The third kappa shape index (κ3) is 5.50. The van der Waals surface area contributed by atoms with Gasteiger partial charge in [0.25, 0.3) is 0 Å². The molecular formula is C13H26N2O. The molecular weight excluding hydrogens is 200 g/mol. The van der Waals surface area contributed by atoms with Gasteiger partial charge in [-0.3, -0.25) is 4.79 Å². The van der Waals surface area contributed by atoms with Crippen LogP contribution in [0.4, 0.5) is 0 Å². The molecule has 0 aromatic heterocycles. The van der Waals surface area contributed by atoms with Gasteiger partial charge in [0.15, 0.2) is 0 Å². The lowest BCUT2D eigenvalue weighted by atomic mass is 9.89. The SMILES string of the molecule is CN(C)C(=O)CCCNCC1CCCCC1. The van der Waals surface area contributed by atoms with Crippen LogP contribution >= 0.6 is 0 Å². The molecule has 1 amide bonds. The maximum absolute atomic E-state index is 11.3. The Labute approximate surface area is 99.6 Å². The van der Waals surface area contributed by atoms with Crippen LogP contribution in [0.1, 0.15) is 44.9 Å². The molecule has 0 aliphatic heterocycles. The fraction of sp³-hybridized carbons (Fsp3) is 0.923. The van der Waals surface area contributed by atoms with Crippen LogP contribution in [0.3, 0.4) is 0 Å². The second kappa shape index (κ2) is 7.66. The van der Waals surface area contributed by atoms with E-state index in [1.165, 1.54) is 32.1 Å². The van der Waals surface area contributed by atoms with Crippen LogP contribution in [-0.4, -0.2) is 38.0 Å². The van der Waals surface area contributed by atoms with Crippen LogP contribution in [0.5, 0.6) is 0 Å². The highest BCUT2D eigenvalue weighted by Crippen LogP contribution is 2.22. The Bertz CT molecular complexity index is 198. The first-order chi connectivity index (χ1) is 7.70.